The lowest BCUT2D eigenvalue weighted by molar-refractivity contribution is -0.132. The van der Waals surface area contributed by atoms with Crippen molar-refractivity contribution in [1.29, 1.82) is 0 Å². The van der Waals surface area contributed by atoms with Crippen molar-refractivity contribution in [2.75, 3.05) is 31.6 Å². The van der Waals surface area contributed by atoms with Crippen LogP contribution in [0.1, 0.15) is 37.7 Å². The van der Waals surface area contributed by atoms with E-state index < -0.39 is 0 Å². The van der Waals surface area contributed by atoms with Crippen molar-refractivity contribution in [1.82, 2.24) is 15.5 Å². The van der Waals surface area contributed by atoms with Gasteiger partial charge >= 0.3 is 6.03 Å². The molecule has 25 heavy (non-hydrogen) atoms. The van der Waals surface area contributed by atoms with E-state index >= 15 is 0 Å². The Balaban J connectivity index is 1.43. The Labute approximate surface area is 149 Å². The fraction of sp³-hybridized carbons (Fsp3) is 0.579. The molecule has 2 fully saturated rings. The molecule has 1 atom stereocenters. The van der Waals surface area contributed by atoms with E-state index in [1.54, 1.807) is 11.9 Å². The van der Waals surface area contributed by atoms with Gasteiger partial charge in [0.25, 0.3) is 0 Å². The predicted octanol–water partition coefficient (Wildman–Crippen LogP) is 2.10. The first-order valence-corrected chi connectivity index (χ1v) is 9.24. The van der Waals surface area contributed by atoms with Crippen LogP contribution in [0.2, 0.25) is 0 Å². The smallest absolute Gasteiger partial charge is 0.315 e. The molecule has 1 aromatic carbocycles. The summed E-state index contributed by atoms with van der Waals surface area (Å²) in [5, 5.41) is 5.86. The monoisotopic (exact) mass is 344 g/mol. The highest BCUT2D eigenvalue weighted by Crippen LogP contribution is 2.20. The molecular weight excluding hydrogens is 316 g/mol. The number of anilines is 1. The van der Waals surface area contributed by atoms with Crippen LogP contribution in [0.15, 0.2) is 24.3 Å². The minimum atomic E-state index is -0.173. The number of hydrogen-bond donors (Lipinski definition) is 2. The summed E-state index contributed by atoms with van der Waals surface area (Å²) in [6.07, 6.45) is 5.08. The topological polar surface area (TPSA) is 64.7 Å². The van der Waals surface area contributed by atoms with E-state index in [0.717, 1.165) is 18.7 Å². The molecular formula is C19H28N4O2. The molecule has 0 bridgehead atoms. The van der Waals surface area contributed by atoms with Crippen LogP contribution < -0.4 is 15.5 Å². The number of likely N-dealkylation sites (tertiary alicyclic amines) is 1. The van der Waals surface area contributed by atoms with Gasteiger partial charge in [0.1, 0.15) is 0 Å². The highest BCUT2D eigenvalue weighted by Gasteiger charge is 2.23. The molecule has 0 saturated carbocycles. The highest BCUT2D eigenvalue weighted by molar-refractivity contribution is 5.78. The van der Waals surface area contributed by atoms with Gasteiger partial charge in [-0.25, -0.2) is 4.79 Å². The zero-order valence-corrected chi connectivity index (χ0v) is 15.0. The molecule has 6 nitrogen and oxygen atoms in total. The number of urea groups is 1. The lowest BCUT2D eigenvalue weighted by Crippen LogP contribution is -2.50. The minimum Gasteiger partial charge on any atom is -0.372 e. The van der Waals surface area contributed by atoms with Crippen LogP contribution in [-0.2, 0) is 11.3 Å². The Morgan fingerprint density at radius 1 is 1.16 bits per heavy atom. The number of carbonyl (C=O) groups excluding carboxylic acids is 2. The second-order valence-corrected chi connectivity index (χ2v) is 7.05. The normalized spacial score (nSPS) is 21.2. The van der Waals surface area contributed by atoms with Crippen molar-refractivity contribution in [3.8, 4) is 0 Å². The zero-order chi connectivity index (χ0) is 17.6. The highest BCUT2D eigenvalue weighted by atomic mass is 16.2. The standard InChI is InChI=1S/C19H28N4O2/c1-22-14-16(7-10-18(22)24)21-19(25)20-13-15-5-8-17(9-6-15)23-11-3-2-4-12-23/h5-6,8-9,16H,2-4,7,10-14H2,1H3,(H2,20,21,25)/t16-/m0/s1. The number of piperidine rings is 2. The number of carbonyl (C=O) groups is 2. The van der Waals surface area contributed by atoms with Gasteiger partial charge in [0.2, 0.25) is 5.91 Å². The predicted molar refractivity (Wildman–Crippen MR) is 98.5 cm³/mol. The van der Waals surface area contributed by atoms with E-state index in [1.165, 1.54) is 24.9 Å². The van der Waals surface area contributed by atoms with Gasteiger partial charge in [0, 0.05) is 51.4 Å². The first-order chi connectivity index (χ1) is 12.1. The largest absolute Gasteiger partial charge is 0.372 e. The van der Waals surface area contributed by atoms with E-state index in [1.807, 2.05) is 0 Å². The molecule has 3 rings (SSSR count). The molecule has 6 heteroatoms. The summed E-state index contributed by atoms with van der Waals surface area (Å²) in [5.74, 6) is 0.146. The zero-order valence-electron chi connectivity index (χ0n) is 15.0. The van der Waals surface area contributed by atoms with Crippen molar-refractivity contribution in [3.63, 3.8) is 0 Å². The van der Waals surface area contributed by atoms with Gasteiger partial charge in [-0.2, -0.15) is 0 Å². The molecule has 2 N–H and O–H groups in total. The molecule has 2 aliphatic heterocycles. The van der Waals surface area contributed by atoms with Crippen LogP contribution in [0.25, 0.3) is 0 Å². The van der Waals surface area contributed by atoms with Crippen molar-refractivity contribution in [3.05, 3.63) is 29.8 Å². The van der Waals surface area contributed by atoms with Gasteiger partial charge in [-0.1, -0.05) is 12.1 Å². The SMILES string of the molecule is CN1C[C@@H](NC(=O)NCc2ccc(N3CCCCC3)cc2)CCC1=O. The fourth-order valence-electron chi connectivity index (χ4n) is 3.53. The average Bonchev–Trinajstić information content (AvgIpc) is 2.64. The van der Waals surface area contributed by atoms with Gasteiger partial charge in [-0.05, 0) is 43.4 Å². The minimum absolute atomic E-state index is 0.0316. The first-order valence-electron chi connectivity index (χ1n) is 9.24. The molecule has 3 amide bonds. The molecule has 0 aliphatic carbocycles. The van der Waals surface area contributed by atoms with Crippen LogP contribution in [0.3, 0.4) is 0 Å². The van der Waals surface area contributed by atoms with Crippen LogP contribution >= 0.6 is 0 Å². The van der Waals surface area contributed by atoms with Crippen LogP contribution in [0.4, 0.5) is 10.5 Å². The number of nitrogens with one attached hydrogen (secondary N) is 2. The summed E-state index contributed by atoms with van der Waals surface area (Å²) >= 11 is 0. The number of hydrogen-bond acceptors (Lipinski definition) is 3. The summed E-state index contributed by atoms with van der Waals surface area (Å²) in [6, 6.07) is 8.30. The summed E-state index contributed by atoms with van der Waals surface area (Å²) in [6.45, 7) is 3.36. The molecule has 2 saturated heterocycles. The molecule has 2 aliphatic rings. The summed E-state index contributed by atoms with van der Waals surface area (Å²) in [5.41, 5.74) is 2.36. The lowest BCUT2D eigenvalue weighted by atomic mass is 10.1. The van der Waals surface area contributed by atoms with Crippen LogP contribution in [-0.4, -0.2) is 49.6 Å². The third-order valence-electron chi connectivity index (χ3n) is 5.07. The second kappa shape index (κ2) is 8.23. The number of amides is 3. The maximum Gasteiger partial charge on any atom is 0.315 e. The van der Waals surface area contributed by atoms with Gasteiger partial charge in [-0.3, -0.25) is 4.79 Å². The molecule has 0 aromatic heterocycles. The molecule has 0 unspecified atom stereocenters. The van der Waals surface area contributed by atoms with Gasteiger partial charge in [-0.15, -0.1) is 0 Å². The summed E-state index contributed by atoms with van der Waals surface area (Å²) in [7, 11) is 1.78. The van der Waals surface area contributed by atoms with E-state index in [4.69, 9.17) is 0 Å². The van der Waals surface area contributed by atoms with Crippen molar-refractivity contribution in [2.45, 2.75) is 44.7 Å². The van der Waals surface area contributed by atoms with Crippen LogP contribution in [0.5, 0.6) is 0 Å². The average molecular weight is 344 g/mol. The Morgan fingerprint density at radius 2 is 1.88 bits per heavy atom. The Hall–Kier alpha value is -2.24. The van der Waals surface area contributed by atoms with E-state index in [0.29, 0.717) is 25.9 Å². The maximum atomic E-state index is 12.1. The number of benzene rings is 1. The quantitative estimate of drug-likeness (QED) is 0.879. The molecule has 0 spiro atoms. The third-order valence-corrected chi connectivity index (χ3v) is 5.07. The number of nitrogens with zero attached hydrogens (tertiary/aromatic N) is 2. The van der Waals surface area contributed by atoms with Gasteiger partial charge in [0.05, 0.1) is 0 Å². The first kappa shape index (κ1) is 17.6. The number of rotatable bonds is 4. The summed E-state index contributed by atoms with van der Waals surface area (Å²) < 4.78 is 0. The fourth-order valence-corrected chi connectivity index (χ4v) is 3.53. The maximum absolute atomic E-state index is 12.1. The number of likely N-dealkylation sites (N-methyl/N-ethyl adjacent to an activating group) is 1. The summed E-state index contributed by atoms with van der Waals surface area (Å²) in [4.78, 5) is 27.6. The molecule has 0 radical (unpaired) electrons. The Bertz CT molecular complexity index is 596. The Kier molecular flexibility index (Phi) is 5.79. The van der Waals surface area contributed by atoms with Crippen molar-refractivity contribution in [2.24, 2.45) is 0 Å². The second-order valence-electron chi connectivity index (χ2n) is 7.05. The van der Waals surface area contributed by atoms with Crippen LogP contribution in [0, 0.1) is 0 Å². The third kappa shape index (κ3) is 4.87. The van der Waals surface area contributed by atoms with E-state index in [2.05, 4.69) is 39.8 Å². The Morgan fingerprint density at radius 3 is 2.56 bits per heavy atom. The van der Waals surface area contributed by atoms with Gasteiger partial charge in [0.15, 0.2) is 0 Å². The van der Waals surface area contributed by atoms with Crippen molar-refractivity contribution >= 4 is 17.6 Å². The lowest BCUT2D eigenvalue weighted by Gasteiger charge is -2.30. The van der Waals surface area contributed by atoms with E-state index in [9.17, 15) is 9.59 Å². The molecule has 136 valence electrons. The van der Waals surface area contributed by atoms with Crippen molar-refractivity contribution < 1.29 is 9.59 Å². The van der Waals surface area contributed by atoms with Gasteiger partial charge < -0.3 is 20.4 Å². The molecule has 1 aromatic rings. The molecule has 2 heterocycles. The van der Waals surface area contributed by atoms with E-state index in [-0.39, 0.29) is 18.0 Å².